The van der Waals surface area contributed by atoms with Gasteiger partial charge < -0.3 is 9.84 Å². The van der Waals surface area contributed by atoms with Crippen LogP contribution in [0.15, 0.2) is 18.2 Å². The average molecular weight is 299 g/mol. The van der Waals surface area contributed by atoms with Crippen molar-refractivity contribution in [3.05, 3.63) is 29.8 Å². The number of carbonyl (C=O) groups is 1. The van der Waals surface area contributed by atoms with Gasteiger partial charge in [-0.25, -0.2) is 8.78 Å². The number of hydrogen-bond donors (Lipinski definition) is 2. The van der Waals surface area contributed by atoms with Crippen molar-refractivity contribution in [2.24, 2.45) is 5.92 Å². The summed E-state index contributed by atoms with van der Waals surface area (Å²) < 4.78 is 31.6. The summed E-state index contributed by atoms with van der Waals surface area (Å²) in [6.07, 6.45) is 1.60. The highest BCUT2D eigenvalue weighted by molar-refractivity contribution is 5.80. The van der Waals surface area contributed by atoms with Gasteiger partial charge in [-0.05, 0) is 32.6 Å². The standard InChI is InChI=1S/C15H19F2NO3/c1-9(2)18-15(14(19)20,10-3-4-10)8-21-13-6-11(16)5-12(17)7-13/h5-7,9-10,18H,3-4,8H2,1-2H3,(H,19,20). The van der Waals surface area contributed by atoms with Crippen LogP contribution in [0.1, 0.15) is 26.7 Å². The van der Waals surface area contributed by atoms with E-state index in [1.54, 1.807) is 0 Å². The van der Waals surface area contributed by atoms with Gasteiger partial charge in [-0.1, -0.05) is 0 Å². The lowest BCUT2D eigenvalue weighted by Gasteiger charge is -2.32. The second-order valence-corrected chi connectivity index (χ2v) is 5.74. The Kier molecular flexibility index (Phi) is 4.46. The second kappa shape index (κ2) is 5.97. The first-order valence-electron chi connectivity index (χ1n) is 6.93. The number of carboxylic acid groups (broad SMARTS) is 1. The Morgan fingerprint density at radius 2 is 1.95 bits per heavy atom. The van der Waals surface area contributed by atoms with Crippen LogP contribution in [0.4, 0.5) is 8.78 Å². The fourth-order valence-electron chi connectivity index (χ4n) is 2.48. The van der Waals surface area contributed by atoms with E-state index in [2.05, 4.69) is 5.32 Å². The van der Waals surface area contributed by atoms with E-state index in [1.807, 2.05) is 13.8 Å². The number of halogens is 2. The summed E-state index contributed by atoms with van der Waals surface area (Å²) in [5, 5.41) is 12.6. The predicted octanol–water partition coefficient (Wildman–Crippen LogP) is 2.58. The molecule has 0 amide bonds. The van der Waals surface area contributed by atoms with Crippen LogP contribution in [0.5, 0.6) is 5.75 Å². The zero-order valence-electron chi connectivity index (χ0n) is 12.0. The van der Waals surface area contributed by atoms with E-state index in [0.29, 0.717) is 0 Å². The third-order valence-corrected chi connectivity index (χ3v) is 3.50. The molecular weight excluding hydrogens is 280 g/mol. The van der Waals surface area contributed by atoms with Gasteiger partial charge in [0.2, 0.25) is 0 Å². The summed E-state index contributed by atoms with van der Waals surface area (Å²) in [6, 6.07) is 2.77. The van der Waals surface area contributed by atoms with Crippen molar-refractivity contribution in [3.63, 3.8) is 0 Å². The van der Waals surface area contributed by atoms with Crippen molar-refractivity contribution in [2.75, 3.05) is 6.61 Å². The molecule has 0 saturated heterocycles. The molecule has 1 atom stereocenters. The van der Waals surface area contributed by atoms with Crippen molar-refractivity contribution in [1.29, 1.82) is 0 Å². The molecule has 2 rings (SSSR count). The zero-order chi connectivity index (χ0) is 15.6. The molecule has 0 spiro atoms. The topological polar surface area (TPSA) is 58.6 Å². The summed E-state index contributed by atoms with van der Waals surface area (Å²) >= 11 is 0. The molecule has 1 fully saturated rings. The van der Waals surface area contributed by atoms with Crippen LogP contribution in [0.2, 0.25) is 0 Å². The largest absolute Gasteiger partial charge is 0.491 e. The van der Waals surface area contributed by atoms with E-state index in [0.717, 1.165) is 31.0 Å². The third kappa shape index (κ3) is 3.69. The van der Waals surface area contributed by atoms with Crippen molar-refractivity contribution in [2.45, 2.75) is 38.3 Å². The highest BCUT2D eigenvalue weighted by Crippen LogP contribution is 2.40. The monoisotopic (exact) mass is 299 g/mol. The zero-order valence-corrected chi connectivity index (χ0v) is 12.0. The van der Waals surface area contributed by atoms with Crippen LogP contribution in [0.3, 0.4) is 0 Å². The number of rotatable bonds is 7. The van der Waals surface area contributed by atoms with Crippen molar-refractivity contribution in [3.8, 4) is 5.75 Å². The quantitative estimate of drug-likeness (QED) is 0.812. The van der Waals surface area contributed by atoms with E-state index in [-0.39, 0.29) is 24.3 Å². The van der Waals surface area contributed by atoms with E-state index in [1.165, 1.54) is 0 Å². The maximum absolute atomic E-state index is 13.1. The van der Waals surface area contributed by atoms with Crippen LogP contribution in [0.25, 0.3) is 0 Å². The summed E-state index contributed by atoms with van der Waals surface area (Å²) in [5.74, 6) is -2.56. The van der Waals surface area contributed by atoms with E-state index < -0.39 is 23.1 Å². The molecule has 1 aromatic rings. The van der Waals surface area contributed by atoms with Gasteiger partial charge in [-0.15, -0.1) is 0 Å². The fraction of sp³-hybridized carbons (Fsp3) is 0.533. The van der Waals surface area contributed by atoms with Gasteiger partial charge in [0.15, 0.2) is 5.54 Å². The van der Waals surface area contributed by atoms with E-state index >= 15 is 0 Å². The smallest absolute Gasteiger partial charge is 0.327 e. The first-order valence-corrected chi connectivity index (χ1v) is 6.93. The minimum Gasteiger partial charge on any atom is -0.491 e. The summed E-state index contributed by atoms with van der Waals surface area (Å²) in [5.41, 5.74) is -1.23. The molecule has 0 aliphatic heterocycles. The molecule has 1 aliphatic rings. The second-order valence-electron chi connectivity index (χ2n) is 5.74. The molecular formula is C15H19F2NO3. The van der Waals surface area contributed by atoms with Gasteiger partial charge in [0, 0.05) is 24.2 Å². The molecule has 2 N–H and O–H groups in total. The SMILES string of the molecule is CC(C)NC(COc1cc(F)cc(F)c1)(C(=O)O)C1CC1. The number of aliphatic carboxylic acids is 1. The molecule has 1 saturated carbocycles. The van der Waals surface area contributed by atoms with Gasteiger partial charge in [0.1, 0.15) is 24.0 Å². The van der Waals surface area contributed by atoms with E-state index in [4.69, 9.17) is 4.74 Å². The molecule has 0 radical (unpaired) electrons. The molecule has 0 bridgehead atoms. The Morgan fingerprint density at radius 3 is 2.38 bits per heavy atom. The molecule has 4 nitrogen and oxygen atoms in total. The van der Waals surface area contributed by atoms with Gasteiger partial charge >= 0.3 is 5.97 Å². The highest BCUT2D eigenvalue weighted by atomic mass is 19.1. The van der Waals surface area contributed by atoms with Crippen molar-refractivity contribution >= 4 is 5.97 Å². The number of ether oxygens (including phenoxy) is 1. The first-order chi connectivity index (χ1) is 9.83. The van der Waals surface area contributed by atoms with Gasteiger partial charge in [0.05, 0.1) is 0 Å². The van der Waals surface area contributed by atoms with E-state index in [9.17, 15) is 18.7 Å². The lowest BCUT2D eigenvalue weighted by molar-refractivity contribution is -0.148. The van der Waals surface area contributed by atoms with Crippen molar-refractivity contribution in [1.82, 2.24) is 5.32 Å². The first kappa shape index (κ1) is 15.7. The van der Waals surface area contributed by atoms with Gasteiger partial charge in [0.25, 0.3) is 0 Å². The summed E-state index contributed by atoms with van der Waals surface area (Å²) in [4.78, 5) is 11.7. The minimum absolute atomic E-state index is 0.00988. The van der Waals surface area contributed by atoms with Crippen LogP contribution in [-0.4, -0.2) is 29.3 Å². The summed E-state index contributed by atoms with van der Waals surface area (Å²) in [6.45, 7) is 3.53. The van der Waals surface area contributed by atoms with Gasteiger partial charge in [-0.2, -0.15) is 0 Å². The van der Waals surface area contributed by atoms with Crippen molar-refractivity contribution < 1.29 is 23.4 Å². The Hall–Kier alpha value is -1.69. The minimum atomic E-state index is -1.23. The van der Waals surface area contributed by atoms with Crippen LogP contribution < -0.4 is 10.1 Å². The molecule has 0 heterocycles. The molecule has 21 heavy (non-hydrogen) atoms. The maximum Gasteiger partial charge on any atom is 0.327 e. The van der Waals surface area contributed by atoms with Gasteiger partial charge in [-0.3, -0.25) is 10.1 Å². The third-order valence-electron chi connectivity index (χ3n) is 3.50. The summed E-state index contributed by atoms with van der Waals surface area (Å²) in [7, 11) is 0. The lowest BCUT2D eigenvalue weighted by Crippen LogP contribution is -2.60. The number of carboxylic acids is 1. The molecule has 116 valence electrons. The highest BCUT2D eigenvalue weighted by Gasteiger charge is 2.52. The Balaban J connectivity index is 2.16. The predicted molar refractivity (Wildman–Crippen MR) is 73.2 cm³/mol. The molecule has 1 aliphatic carbocycles. The van der Waals surface area contributed by atoms with Crippen LogP contribution >= 0.6 is 0 Å². The van der Waals surface area contributed by atoms with Crippen LogP contribution in [0, 0.1) is 17.6 Å². The molecule has 1 unspecified atom stereocenters. The maximum atomic E-state index is 13.1. The number of hydrogen-bond acceptors (Lipinski definition) is 3. The lowest BCUT2D eigenvalue weighted by atomic mass is 9.93. The molecule has 1 aromatic carbocycles. The number of nitrogens with one attached hydrogen (secondary N) is 1. The Bertz CT molecular complexity index is 511. The number of benzene rings is 1. The normalized spacial score (nSPS) is 17.6. The fourth-order valence-corrected chi connectivity index (χ4v) is 2.48. The Labute approximate surface area is 122 Å². The molecule has 6 heteroatoms. The molecule has 0 aromatic heterocycles. The van der Waals surface area contributed by atoms with Crippen LogP contribution in [-0.2, 0) is 4.79 Å². The average Bonchev–Trinajstić information content (AvgIpc) is 3.16. The Morgan fingerprint density at radius 1 is 1.38 bits per heavy atom.